The van der Waals surface area contributed by atoms with Gasteiger partial charge in [0.1, 0.15) is 24.2 Å². The van der Waals surface area contributed by atoms with E-state index < -0.39 is 6.10 Å². The molecule has 24 heavy (non-hydrogen) atoms. The SMILES string of the molecule is O=C(NCCNC[C@@H](O)COc1ccc(O)cc1)N1CCOCC1. The minimum absolute atomic E-state index is 0.0867. The van der Waals surface area contributed by atoms with Gasteiger partial charge in [0.2, 0.25) is 0 Å². The summed E-state index contributed by atoms with van der Waals surface area (Å²) in [5.41, 5.74) is 0. The second-order valence-corrected chi connectivity index (χ2v) is 5.49. The minimum Gasteiger partial charge on any atom is -0.508 e. The molecule has 1 aromatic rings. The molecule has 1 aliphatic rings. The molecule has 0 unspecified atom stereocenters. The average Bonchev–Trinajstić information content (AvgIpc) is 2.61. The van der Waals surface area contributed by atoms with Gasteiger partial charge in [-0.05, 0) is 24.3 Å². The van der Waals surface area contributed by atoms with Crippen LogP contribution < -0.4 is 15.4 Å². The molecule has 0 aliphatic carbocycles. The molecule has 1 aliphatic heterocycles. The molecule has 0 bridgehead atoms. The third-order valence-corrected chi connectivity index (χ3v) is 3.54. The lowest BCUT2D eigenvalue weighted by Gasteiger charge is -2.27. The van der Waals surface area contributed by atoms with E-state index in [1.807, 2.05) is 0 Å². The van der Waals surface area contributed by atoms with Crippen molar-refractivity contribution in [1.82, 2.24) is 15.5 Å². The maximum absolute atomic E-state index is 11.8. The van der Waals surface area contributed by atoms with Gasteiger partial charge in [0.15, 0.2) is 0 Å². The highest BCUT2D eigenvalue weighted by molar-refractivity contribution is 5.74. The van der Waals surface area contributed by atoms with Crippen LogP contribution >= 0.6 is 0 Å². The normalized spacial score (nSPS) is 15.8. The molecule has 2 rings (SSSR count). The number of amides is 2. The summed E-state index contributed by atoms with van der Waals surface area (Å²) in [6, 6.07) is 6.23. The minimum atomic E-state index is -0.659. The van der Waals surface area contributed by atoms with Crippen LogP contribution in [0.3, 0.4) is 0 Å². The Morgan fingerprint density at radius 3 is 2.67 bits per heavy atom. The van der Waals surface area contributed by atoms with Gasteiger partial charge in [0.25, 0.3) is 0 Å². The number of hydrogen-bond donors (Lipinski definition) is 4. The second-order valence-electron chi connectivity index (χ2n) is 5.49. The number of phenolic OH excluding ortho intramolecular Hbond substituents is 1. The molecule has 8 nitrogen and oxygen atoms in total. The lowest BCUT2D eigenvalue weighted by molar-refractivity contribution is 0.0532. The van der Waals surface area contributed by atoms with Crippen molar-refractivity contribution in [1.29, 1.82) is 0 Å². The topological polar surface area (TPSA) is 103 Å². The van der Waals surface area contributed by atoms with Gasteiger partial charge in [0.05, 0.1) is 13.2 Å². The van der Waals surface area contributed by atoms with Crippen LogP contribution in [0.5, 0.6) is 11.5 Å². The van der Waals surface area contributed by atoms with Gasteiger partial charge >= 0.3 is 6.03 Å². The van der Waals surface area contributed by atoms with E-state index in [0.717, 1.165) is 0 Å². The summed E-state index contributed by atoms with van der Waals surface area (Å²) in [4.78, 5) is 13.5. The first kappa shape index (κ1) is 18.3. The van der Waals surface area contributed by atoms with Crippen LogP contribution in [0.25, 0.3) is 0 Å². The summed E-state index contributed by atoms with van der Waals surface area (Å²) in [7, 11) is 0. The Kier molecular flexibility index (Phi) is 7.60. The zero-order valence-corrected chi connectivity index (χ0v) is 13.6. The molecule has 0 radical (unpaired) electrons. The molecule has 1 saturated heterocycles. The summed E-state index contributed by atoms with van der Waals surface area (Å²) < 4.78 is 10.6. The molecule has 0 aromatic heterocycles. The number of nitrogens with one attached hydrogen (secondary N) is 2. The van der Waals surface area contributed by atoms with E-state index in [0.29, 0.717) is 51.7 Å². The van der Waals surface area contributed by atoms with E-state index in [1.165, 1.54) is 12.1 Å². The predicted octanol–water partition coefficient (Wildman–Crippen LogP) is -0.237. The fraction of sp³-hybridized carbons (Fsp3) is 0.562. The number of morpholine rings is 1. The van der Waals surface area contributed by atoms with Crippen LogP contribution in [-0.2, 0) is 4.74 Å². The number of carbonyl (C=O) groups is 1. The maximum Gasteiger partial charge on any atom is 0.317 e. The van der Waals surface area contributed by atoms with Crippen molar-refractivity contribution in [2.45, 2.75) is 6.10 Å². The maximum atomic E-state index is 11.8. The lowest BCUT2D eigenvalue weighted by Crippen LogP contribution is -2.47. The Labute approximate surface area is 141 Å². The van der Waals surface area contributed by atoms with Gasteiger partial charge in [-0.3, -0.25) is 0 Å². The van der Waals surface area contributed by atoms with E-state index in [2.05, 4.69) is 10.6 Å². The van der Waals surface area contributed by atoms with Crippen LogP contribution in [0, 0.1) is 0 Å². The van der Waals surface area contributed by atoms with Crippen LogP contribution in [0.4, 0.5) is 4.79 Å². The molecule has 1 fully saturated rings. The fourth-order valence-corrected chi connectivity index (χ4v) is 2.20. The number of urea groups is 1. The Morgan fingerprint density at radius 2 is 1.96 bits per heavy atom. The number of aromatic hydroxyl groups is 1. The van der Waals surface area contributed by atoms with Gasteiger partial charge in [-0.25, -0.2) is 4.79 Å². The van der Waals surface area contributed by atoms with Crippen LogP contribution in [0.2, 0.25) is 0 Å². The van der Waals surface area contributed by atoms with Crippen LogP contribution in [0.1, 0.15) is 0 Å². The number of carbonyl (C=O) groups excluding carboxylic acids is 1. The Morgan fingerprint density at radius 1 is 1.25 bits per heavy atom. The van der Waals surface area contributed by atoms with Gasteiger partial charge in [-0.1, -0.05) is 0 Å². The van der Waals surface area contributed by atoms with Crippen molar-refractivity contribution >= 4 is 6.03 Å². The number of ether oxygens (including phenoxy) is 2. The lowest BCUT2D eigenvalue weighted by atomic mass is 10.3. The standard InChI is InChI=1S/C16H25N3O5/c20-13-1-3-15(4-2-13)24-12-14(21)11-17-5-6-18-16(22)19-7-9-23-10-8-19/h1-4,14,17,20-21H,5-12H2,(H,18,22)/t14-/m1/s1. The molecule has 0 saturated carbocycles. The molecule has 1 heterocycles. The van der Waals surface area contributed by atoms with Crippen molar-refractivity contribution in [3.8, 4) is 11.5 Å². The summed E-state index contributed by atoms with van der Waals surface area (Å²) in [5, 5.41) is 24.9. The predicted molar refractivity (Wildman–Crippen MR) is 88.3 cm³/mol. The summed E-state index contributed by atoms with van der Waals surface area (Å²) in [6.07, 6.45) is -0.659. The monoisotopic (exact) mass is 339 g/mol. The molecule has 4 N–H and O–H groups in total. The summed E-state index contributed by atoms with van der Waals surface area (Å²) in [6.45, 7) is 3.97. The Hall–Kier alpha value is -2.03. The van der Waals surface area contributed by atoms with Crippen LogP contribution in [0.15, 0.2) is 24.3 Å². The van der Waals surface area contributed by atoms with E-state index in [9.17, 15) is 9.90 Å². The van der Waals surface area contributed by atoms with Crippen molar-refractivity contribution in [2.24, 2.45) is 0 Å². The Balaban J connectivity index is 1.50. The third-order valence-electron chi connectivity index (χ3n) is 3.54. The zero-order chi connectivity index (χ0) is 17.2. The number of rotatable bonds is 8. The highest BCUT2D eigenvalue weighted by Crippen LogP contribution is 2.15. The van der Waals surface area contributed by atoms with Gasteiger partial charge in [-0.15, -0.1) is 0 Å². The number of aliphatic hydroxyl groups excluding tert-OH is 1. The molecule has 1 atom stereocenters. The zero-order valence-electron chi connectivity index (χ0n) is 13.6. The van der Waals surface area contributed by atoms with Gasteiger partial charge < -0.3 is 35.2 Å². The first-order chi connectivity index (χ1) is 11.6. The number of benzene rings is 1. The number of nitrogens with zero attached hydrogens (tertiary/aromatic N) is 1. The van der Waals surface area contributed by atoms with Crippen molar-refractivity contribution in [3.63, 3.8) is 0 Å². The van der Waals surface area contributed by atoms with E-state index in [1.54, 1.807) is 17.0 Å². The highest BCUT2D eigenvalue weighted by atomic mass is 16.5. The first-order valence-electron chi connectivity index (χ1n) is 8.06. The van der Waals surface area contributed by atoms with E-state index in [-0.39, 0.29) is 18.4 Å². The quantitative estimate of drug-likeness (QED) is 0.488. The van der Waals surface area contributed by atoms with Crippen LogP contribution in [-0.4, -0.2) is 79.8 Å². The third kappa shape index (κ3) is 6.61. The van der Waals surface area contributed by atoms with Crippen molar-refractivity contribution < 1.29 is 24.5 Å². The number of aliphatic hydroxyl groups is 1. The Bertz CT molecular complexity index is 491. The number of hydrogen-bond acceptors (Lipinski definition) is 6. The molecule has 8 heteroatoms. The van der Waals surface area contributed by atoms with E-state index in [4.69, 9.17) is 14.6 Å². The molecule has 2 amide bonds. The molecular formula is C16H25N3O5. The molecule has 0 spiro atoms. The highest BCUT2D eigenvalue weighted by Gasteiger charge is 2.15. The fourth-order valence-electron chi connectivity index (χ4n) is 2.20. The van der Waals surface area contributed by atoms with Crippen molar-refractivity contribution in [2.75, 3.05) is 52.5 Å². The molecule has 1 aromatic carbocycles. The molecular weight excluding hydrogens is 314 g/mol. The average molecular weight is 339 g/mol. The van der Waals surface area contributed by atoms with E-state index >= 15 is 0 Å². The summed E-state index contributed by atoms with van der Waals surface area (Å²) in [5.74, 6) is 0.758. The van der Waals surface area contributed by atoms with Gasteiger partial charge in [-0.2, -0.15) is 0 Å². The molecule has 134 valence electrons. The second kappa shape index (κ2) is 9.96. The first-order valence-corrected chi connectivity index (χ1v) is 8.06. The number of phenols is 1. The van der Waals surface area contributed by atoms with Crippen molar-refractivity contribution in [3.05, 3.63) is 24.3 Å². The van der Waals surface area contributed by atoms with Gasteiger partial charge in [0, 0.05) is 32.7 Å². The summed E-state index contributed by atoms with van der Waals surface area (Å²) >= 11 is 0. The smallest absolute Gasteiger partial charge is 0.317 e. The largest absolute Gasteiger partial charge is 0.508 e.